The fraction of sp³-hybridized carbons (Fsp3) is 0.636. The summed E-state index contributed by atoms with van der Waals surface area (Å²) in [4.78, 5) is 10.1. The molecule has 0 aliphatic carbocycles. The fourth-order valence-electron chi connectivity index (χ4n) is 2.07. The van der Waals surface area contributed by atoms with Gasteiger partial charge < -0.3 is 4.74 Å². The summed E-state index contributed by atoms with van der Waals surface area (Å²) in [5.41, 5.74) is 0.947. The molecule has 1 atom stereocenters. The second-order valence-electron chi connectivity index (χ2n) is 4.55. The highest BCUT2D eigenvalue weighted by Crippen LogP contribution is 2.18. The van der Waals surface area contributed by atoms with Crippen molar-refractivity contribution >= 4 is 9.84 Å². The van der Waals surface area contributed by atoms with E-state index in [9.17, 15) is 8.42 Å². The van der Waals surface area contributed by atoms with Crippen LogP contribution >= 0.6 is 0 Å². The third-order valence-electron chi connectivity index (χ3n) is 3.13. The molecular formula is C11H17N3O3S. The van der Waals surface area contributed by atoms with Crippen LogP contribution in [0.15, 0.2) is 12.4 Å². The van der Waals surface area contributed by atoms with Crippen LogP contribution in [0.5, 0.6) is 6.01 Å². The Balaban J connectivity index is 1.96. The minimum absolute atomic E-state index is 0.0945. The first-order valence-corrected chi connectivity index (χ1v) is 7.58. The molecule has 1 aliphatic rings. The number of methoxy groups -OCH3 is 1. The molecule has 0 saturated carbocycles. The number of sulfone groups is 1. The molecule has 7 heteroatoms. The Morgan fingerprint density at radius 3 is 2.61 bits per heavy atom. The summed E-state index contributed by atoms with van der Waals surface area (Å²) in [6.07, 6.45) is 4.10. The van der Waals surface area contributed by atoms with Crippen molar-refractivity contribution < 1.29 is 13.2 Å². The van der Waals surface area contributed by atoms with Gasteiger partial charge in [-0.05, 0) is 13.5 Å². The molecule has 0 spiro atoms. The van der Waals surface area contributed by atoms with Crippen molar-refractivity contribution in [3.63, 3.8) is 0 Å². The van der Waals surface area contributed by atoms with E-state index in [0.29, 0.717) is 24.7 Å². The standard InChI is InChI=1S/C11H17N3O3S/c1-14(10-3-4-18(15,16)8-10)7-9-5-12-11(17-2)13-6-9/h5-6,10H,3-4,7-8H2,1-2H3. The quantitative estimate of drug-likeness (QED) is 0.773. The molecule has 1 saturated heterocycles. The van der Waals surface area contributed by atoms with Crippen molar-refractivity contribution in [1.29, 1.82) is 0 Å². The highest BCUT2D eigenvalue weighted by molar-refractivity contribution is 7.91. The van der Waals surface area contributed by atoms with Gasteiger partial charge in [0.2, 0.25) is 0 Å². The molecule has 0 N–H and O–H groups in total. The van der Waals surface area contributed by atoms with Crippen LogP contribution in [-0.2, 0) is 16.4 Å². The molecule has 1 aromatic rings. The average Bonchev–Trinajstić information content (AvgIpc) is 2.71. The lowest BCUT2D eigenvalue weighted by Gasteiger charge is -2.22. The monoisotopic (exact) mass is 271 g/mol. The molecule has 1 aliphatic heterocycles. The first-order valence-electron chi connectivity index (χ1n) is 5.76. The number of hydrogen-bond acceptors (Lipinski definition) is 6. The van der Waals surface area contributed by atoms with Gasteiger partial charge >= 0.3 is 6.01 Å². The molecule has 1 fully saturated rings. The van der Waals surface area contributed by atoms with Gasteiger partial charge in [0.1, 0.15) is 0 Å². The molecule has 0 aromatic carbocycles. The first kappa shape index (κ1) is 13.2. The number of aromatic nitrogens is 2. The number of hydrogen-bond donors (Lipinski definition) is 0. The lowest BCUT2D eigenvalue weighted by atomic mass is 10.2. The Labute approximate surface area is 107 Å². The third-order valence-corrected chi connectivity index (χ3v) is 4.88. The SMILES string of the molecule is COc1ncc(CN(C)C2CCS(=O)(=O)C2)cn1. The van der Waals surface area contributed by atoms with Crippen molar-refractivity contribution in [2.75, 3.05) is 25.7 Å². The van der Waals surface area contributed by atoms with E-state index >= 15 is 0 Å². The van der Waals surface area contributed by atoms with E-state index < -0.39 is 9.84 Å². The summed E-state index contributed by atoms with van der Waals surface area (Å²) < 4.78 is 27.7. The van der Waals surface area contributed by atoms with E-state index in [1.165, 1.54) is 7.11 Å². The van der Waals surface area contributed by atoms with Gasteiger partial charge in [-0.1, -0.05) is 0 Å². The zero-order valence-electron chi connectivity index (χ0n) is 10.5. The fourth-order valence-corrected chi connectivity index (χ4v) is 3.88. The minimum atomic E-state index is -2.84. The van der Waals surface area contributed by atoms with Crippen molar-refractivity contribution in [2.24, 2.45) is 0 Å². The molecule has 0 bridgehead atoms. The van der Waals surface area contributed by atoms with Crippen LogP contribution in [0.3, 0.4) is 0 Å². The largest absolute Gasteiger partial charge is 0.467 e. The summed E-state index contributed by atoms with van der Waals surface area (Å²) in [5, 5.41) is 0. The zero-order valence-corrected chi connectivity index (χ0v) is 11.4. The topological polar surface area (TPSA) is 72.4 Å². The van der Waals surface area contributed by atoms with Gasteiger partial charge in [0.25, 0.3) is 0 Å². The molecule has 6 nitrogen and oxygen atoms in total. The van der Waals surface area contributed by atoms with Gasteiger partial charge in [0.15, 0.2) is 9.84 Å². The maximum absolute atomic E-state index is 11.4. The van der Waals surface area contributed by atoms with Gasteiger partial charge in [-0.3, -0.25) is 4.90 Å². The Bertz CT molecular complexity index is 501. The molecule has 2 rings (SSSR count). The Hall–Kier alpha value is -1.21. The molecule has 100 valence electrons. The highest BCUT2D eigenvalue weighted by atomic mass is 32.2. The van der Waals surface area contributed by atoms with E-state index in [-0.39, 0.29) is 11.8 Å². The van der Waals surface area contributed by atoms with Gasteiger partial charge in [0.05, 0.1) is 18.6 Å². The van der Waals surface area contributed by atoms with Crippen molar-refractivity contribution in [3.05, 3.63) is 18.0 Å². The molecule has 1 unspecified atom stereocenters. The number of ether oxygens (including phenoxy) is 1. The van der Waals surface area contributed by atoms with Crippen molar-refractivity contribution in [1.82, 2.24) is 14.9 Å². The summed E-state index contributed by atoms with van der Waals surface area (Å²) >= 11 is 0. The van der Waals surface area contributed by atoms with E-state index in [0.717, 1.165) is 5.56 Å². The van der Waals surface area contributed by atoms with Crippen LogP contribution in [0.2, 0.25) is 0 Å². The maximum Gasteiger partial charge on any atom is 0.316 e. The molecule has 0 amide bonds. The first-order chi connectivity index (χ1) is 8.50. The number of nitrogens with zero attached hydrogens (tertiary/aromatic N) is 3. The van der Waals surface area contributed by atoms with Gasteiger partial charge in [-0.2, -0.15) is 0 Å². The number of rotatable bonds is 4. The zero-order chi connectivity index (χ0) is 13.2. The van der Waals surface area contributed by atoms with E-state index in [1.54, 1.807) is 12.4 Å². The molecule has 18 heavy (non-hydrogen) atoms. The van der Waals surface area contributed by atoms with Crippen molar-refractivity contribution in [2.45, 2.75) is 19.0 Å². The molecule has 1 aromatic heterocycles. The van der Waals surface area contributed by atoms with Crippen LogP contribution in [0.1, 0.15) is 12.0 Å². The van der Waals surface area contributed by atoms with Crippen LogP contribution in [0.25, 0.3) is 0 Å². The summed E-state index contributed by atoms with van der Waals surface area (Å²) in [5.74, 6) is 0.543. The van der Waals surface area contributed by atoms with Crippen LogP contribution < -0.4 is 4.74 Å². The average molecular weight is 271 g/mol. The normalized spacial score (nSPS) is 22.3. The molecule has 0 radical (unpaired) electrons. The van der Waals surface area contributed by atoms with Crippen LogP contribution in [0, 0.1) is 0 Å². The Morgan fingerprint density at radius 2 is 2.11 bits per heavy atom. The summed E-state index contributed by atoms with van der Waals surface area (Å²) in [6, 6.07) is 0.432. The van der Waals surface area contributed by atoms with Gasteiger partial charge in [-0.25, -0.2) is 18.4 Å². The second-order valence-corrected chi connectivity index (χ2v) is 6.78. The lowest BCUT2D eigenvalue weighted by Crippen LogP contribution is -2.32. The second kappa shape index (κ2) is 5.19. The predicted molar refractivity (Wildman–Crippen MR) is 67.1 cm³/mol. The third kappa shape index (κ3) is 3.17. The van der Waals surface area contributed by atoms with Crippen LogP contribution in [-0.4, -0.2) is 55.0 Å². The summed E-state index contributed by atoms with van der Waals surface area (Å²) in [7, 11) is 0.608. The van der Waals surface area contributed by atoms with Crippen LogP contribution in [0.4, 0.5) is 0 Å². The van der Waals surface area contributed by atoms with Gasteiger partial charge in [-0.15, -0.1) is 0 Å². The Kier molecular flexibility index (Phi) is 3.82. The van der Waals surface area contributed by atoms with E-state index in [1.807, 2.05) is 11.9 Å². The highest BCUT2D eigenvalue weighted by Gasteiger charge is 2.30. The minimum Gasteiger partial charge on any atom is -0.467 e. The van der Waals surface area contributed by atoms with Gasteiger partial charge in [0, 0.05) is 30.5 Å². The smallest absolute Gasteiger partial charge is 0.316 e. The lowest BCUT2D eigenvalue weighted by molar-refractivity contribution is 0.253. The molecular weight excluding hydrogens is 254 g/mol. The Morgan fingerprint density at radius 1 is 1.44 bits per heavy atom. The van der Waals surface area contributed by atoms with E-state index in [2.05, 4.69) is 9.97 Å². The maximum atomic E-state index is 11.4. The molecule has 2 heterocycles. The summed E-state index contributed by atoms with van der Waals surface area (Å²) in [6.45, 7) is 0.643. The predicted octanol–water partition coefficient (Wildman–Crippen LogP) is 0.104. The van der Waals surface area contributed by atoms with Crippen molar-refractivity contribution in [3.8, 4) is 6.01 Å². The van der Waals surface area contributed by atoms with E-state index in [4.69, 9.17) is 4.74 Å².